The van der Waals surface area contributed by atoms with Gasteiger partial charge in [0.2, 0.25) is 0 Å². The van der Waals surface area contributed by atoms with Crippen molar-refractivity contribution in [3.63, 3.8) is 0 Å². The molecule has 1 aromatic heterocycles. The predicted molar refractivity (Wildman–Crippen MR) is 104 cm³/mol. The van der Waals surface area contributed by atoms with E-state index >= 15 is 0 Å². The molecule has 2 aromatic rings. The molecule has 0 aliphatic carbocycles. The SMILES string of the molecule is CCOC(=O)[C@H]1CN(C(=O)OC(C)(C)C)CC[C@H]1n1c(=O)[nH]c2ccccc21. The van der Waals surface area contributed by atoms with Crippen LogP contribution in [-0.4, -0.2) is 51.8 Å². The number of hydrogen-bond donors (Lipinski definition) is 1. The molecule has 0 unspecified atom stereocenters. The molecule has 2 heterocycles. The van der Waals surface area contributed by atoms with E-state index in [1.54, 1.807) is 32.3 Å². The highest BCUT2D eigenvalue weighted by molar-refractivity contribution is 5.78. The number of amides is 1. The molecule has 0 saturated carbocycles. The van der Waals surface area contributed by atoms with Crippen LogP contribution in [0.5, 0.6) is 0 Å². The first-order valence-electron chi connectivity index (χ1n) is 9.55. The highest BCUT2D eigenvalue weighted by Crippen LogP contribution is 2.31. The lowest BCUT2D eigenvalue weighted by atomic mass is 9.91. The molecular formula is C20H27N3O5. The average Bonchev–Trinajstić information content (AvgIpc) is 2.95. The molecule has 1 aliphatic rings. The fourth-order valence-corrected chi connectivity index (χ4v) is 3.63. The third-order valence-electron chi connectivity index (χ3n) is 4.77. The molecule has 1 N–H and O–H groups in total. The van der Waals surface area contributed by atoms with Gasteiger partial charge in [-0.1, -0.05) is 12.1 Å². The Morgan fingerprint density at radius 3 is 2.64 bits per heavy atom. The van der Waals surface area contributed by atoms with Gasteiger partial charge >= 0.3 is 17.8 Å². The number of carbonyl (C=O) groups excluding carboxylic acids is 2. The molecule has 0 bridgehead atoms. The van der Waals surface area contributed by atoms with Gasteiger partial charge in [-0.05, 0) is 46.2 Å². The second-order valence-corrected chi connectivity index (χ2v) is 7.96. The van der Waals surface area contributed by atoms with Crippen LogP contribution in [0.15, 0.2) is 29.1 Å². The first kappa shape index (κ1) is 20.0. The lowest BCUT2D eigenvalue weighted by Crippen LogP contribution is -2.50. The number of aromatic nitrogens is 2. The quantitative estimate of drug-likeness (QED) is 0.815. The van der Waals surface area contributed by atoms with Crippen LogP contribution in [0.4, 0.5) is 4.79 Å². The first-order chi connectivity index (χ1) is 13.2. The minimum atomic E-state index is -0.655. The van der Waals surface area contributed by atoms with Gasteiger partial charge < -0.3 is 19.4 Å². The zero-order chi connectivity index (χ0) is 20.5. The number of H-pyrrole nitrogens is 1. The number of nitrogens with one attached hydrogen (secondary N) is 1. The fourth-order valence-electron chi connectivity index (χ4n) is 3.63. The van der Waals surface area contributed by atoms with Crippen LogP contribution in [0.1, 0.15) is 40.2 Å². The summed E-state index contributed by atoms with van der Waals surface area (Å²) in [5.41, 5.74) is 0.551. The largest absolute Gasteiger partial charge is 0.466 e. The van der Waals surface area contributed by atoms with Crippen molar-refractivity contribution in [1.29, 1.82) is 0 Å². The molecular weight excluding hydrogens is 362 g/mol. The van der Waals surface area contributed by atoms with E-state index in [1.165, 1.54) is 4.90 Å². The number of aromatic amines is 1. The van der Waals surface area contributed by atoms with Crippen molar-refractivity contribution in [3.8, 4) is 0 Å². The van der Waals surface area contributed by atoms with E-state index in [2.05, 4.69) is 4.98 Å². The summed E-state index contributed by atoms with van der Waals surface area (Å²) in [5, 5.41) is 0. The van der Waals surface area contributed by atoms with Crippen LogP contribution in [0.2, 0.25) is 0 Å². The molecule has 28 heavy (non-hydrogen) atoms. The minimum Gasteiger partial charge on any atom is -0.466 e. The van der Waals surface area contributed by atoms with Gasteiger partial charge in [0.15, 0.2) is 0 Å². The molecule has 8 nitrogen and oxygen atoms in total. The zero-order valence-electron chi connectivity index (χ0n) is 16.7. The number of ether oxygens (including phenoxy) is 2. The van der Waals surface area contributed by atoms with Crippen molar-refractivity contribution in [2.24, 2.45) is 5.92 Å². The van der Waals surface area contributed by atoms with Crippen LogP contribution >= 0.6 is 0 Å². The number of piperidine rings is 1. The molecule has 152 valence electrons. The van der Waals surface area contributed by atoms with Gasteiger partial charge in [-0.3, -0.25) is 9.36 Å². The van der Waals surface area contributed by atoms with E-state index in [1.807, 2.05) is 24.3 Å². The number of rotatable bonds is 3. The average molecular weight is 389 g/mol. The highest BCUT2D eigenvalue weighted by atomic mass is 16.6. The molecule has 0 radical (unpaired) electrons. The van der Waals surface area contributed by atoms with Crippen molar-refractivity contribution in [2.45, 2.75) is 45.8 Å². The Balaban J connectivity index is 1.93. The Morgan fingerprint density at radius 1 is 1.25 bits per heavy atom. The summed E-state index contributed by atoms with van der Waals surface area (Å²) < 4.78 is 12.3. The van der Waals surface area contributed by atoms with Gasteiger partial charge in [0.1, 0.15) is 5.60 Å². The fraction of sp³-hybridized carbons (Fsp3) is 0.550. The monoisotopic (exact) mass is 389 g/mol. The Bertz CT molecular complexity index is 924. The van der Waals surface area contributed by atoms with Gasteiger partial charge in [0.05, 0.1) is 29.6 Å². The Morgan fingerprint density at radius 2 is 1.96 bits per heavy atom. The summed E-state index contributed by atoms with van der Waals surface area (Å²) in [6.07, 6.45) is -0.0173. The number of benzene rings is 1. The number of hydrogen-bond acceptors (Lipinski definition) is 5. The predicted octanol–water partition coefficient (Wildman–Crippen LogP) is 2.69. The molecule has 1 saturated heterocycles. The first-order valence-corrected chi connectivity index (χ1v) is 9.55. The van der Waals surface area contributed by atoms with Crippen molar-refractivity contribution < 1.29 is 19.1 Å². The van der Waals surface area contributed by atoms with E-state index in [9.17, 15) is 14.4 Å². The number of likely N-dealkylation sites (tertiary alicyclic amines) is 1. The maximum absolute atomic E-state index is 12.7. The maximum atomic E-state index is 12.7. The van der Waals surface area contributed by atoms with Gasteiger partial charge in [-0.15, -0.1) is 0 Å². The summed E-state index contributed by atoms with van der Waals surface area (Å²) in [5.74, 6) is -1.07. The molecule has 2 atom stereocenters. The number of esters is 1. The van der Waals surface area contributed by atoms with Crippen LogP contribution in [0, 0.1) is 5.92 Å². The van der Waals surface area contributed by atoms with Gasteiger partial charge in [-0.2, -0.15) is 0 Å². The maximum Gasteiger partial charge on any atom is 0.410 e. The van der Waals surface area contributed by atoms with Crippen LogP contribution < -0.4 is 5.69 Å². The Hall–Kier alpha value is -2.77. The molecule has 8 heteroatoms. The zero-order valence-corrected chi connectivity index (χ0v) is 16.7. The van der Waals surface area contributed by atoms with Gasteiger partial charge in [0, 0.05) is 13.1 Å². The van der Waals surface area contributed by atoms with Gasteiger partial charge in [0.25, 0.3) is 0 Å². The van der Waals surface area contributed by atoms with Crippen molar-refractivity contribution >= 4 is 23.1 Å². The Kier molecular flexibility index (Phi) is 5.49. The third-order valence-corrected chi connectivity index (χ3v) is 4.77. The number of nitrogens with zero attached hydrogens (tertiary/aromatic N) is 2. The summed E-state index contributed by atoms with van der Waals surface area (Å²) in [6, 6.07) is 6.96. The topological polar surface area (TPSA) is 93.6 Å². The lowest BCUT2D eigenvalue weighted by Gasteiger charge is -2.38. The number of para-hydroxylation sites is 2. The molecule has 0 spiro atoms. The van der Waals surface area contributed by atoms with Crippen molar-refractivity contribution in [1.82, 2.24) is 14.5 Å². The van der Waals surface area contributed by atoms with Crippen molar-refractivity contribution in [2.75, 3.05) is 19.7 Å². The van der Waals surface area contributed by atoms with E-state index in [0.717, 1.165) is 5.52 Å². The van der Waals surface area contributed by atoms with Crippen molar-refractivity contribution in [3.05, 3.63) is 34.7 Å². The second-order valence-electron chi connectivity index (χ2n) is 7.96. The lowest BCUT2D eigenvalue weighted by molar-refractivity contribution is -0.151. The molecule has 1 fully saturated rings. The normalized spacial score (nSPS) is 20.2. The van der Waals surface area contributed by atoms with E-state index in [0.29, 0.717) is 18.5 Å². The van der Waals surface area contributed by atoms with E-state index in [-0.39, 0.29) is 18.8 Å². The van der Waals surface area contributed by atoms with E-state index in [4.69, 9.17) is 9.47 Å². The molecule has 1 aliphatic heterocycles. The Labute approximate surface area is 163 Å². The summed E-state index contributed by atoms with van der Waals surface area (Å²) in [6.45, 7) is 7.90. The van der Waals surface area contributed by atoms with Crippen LogP contribution in [0.3, 0.4) is 0 Å². The smallest absolute Gasteiger partial charge is 0.410 e. The minimum absolute atomic E-state index is 0.143. The summed E-state index contributed by atoms with van der Waals surface area (Å²) >= 11 is 0. The van der Waals surface area contributed by atoms with Gasteiger partial charge in [-0.25, -0.2) is 9.59 Å². The number of carbonyl (C=O) groups is 2. The number of fused-ring (bicyclic) bond motifs is 1. The number of imidazole rings is 1. The van der Waals surface area contributed by atoms with Crippen LogP contribution in [0.25, 0.3) is 11.0 Å². The van der Waals surface area contributed by atoms with Crippen LogP contribution in [-0.2, 0) is 14.3 Å². The molecule has 1 amide bonds. The third kappa shape index (κ3) is 4.05. The van der Waals surface area contributed by atoms with E-state index < -0.39 is 29.6 Å². The second kappa shape index (κ2) is 7.69. The summed E-state index contributed by atoms with van der Waals surface area (Å²) in [7, 11) is 0. The summed E-state index contributed by atoms with van der Waals surface area (Å²) in [4.78, 5) is 42.1. The highest BCUT2D eigenvalue weighted by Gasteiger charge is 2.40. The standard InChI is InChI=1S/C20H27N3O5/c1-5-27-17(24)13-12-22(19(26)28-20(2,3)4)11-10-15(13)23-16-9-7-6-8-14(16)21-18(23)25/h6-9,13,15H,5,10-12H2,1-4H3,(H,21,25)/t13-,15+/m0/s1. The molecule has 1 aromatic carbocycles. The molecule has 3 rings (SSSR count).